The van der Waals surface area contributed by atoms with Crippen molar-refractivity contribution in [1.82, 2.24) is 14.2 Å². The first-order valence-electron chi connectivity index (χ1n) is 9.03. The summed E-state index contributed by atoms with van der Waals surface area (Å²) >= 11 is 3.42. The molecule has 1 aromatic carbocycles. The first kappa shape index (κ1) is 21.0. The summed E-state index contributed by atoms with van der Waals surface area (Å²) in [6.07, 6.45) is 2.81. The van der Waals surface area contributed by atoms with E-state index in [0.29, 0.717) is 9.86 Å². The number of benzene rings is 1. The summed E-state index contributed by atoms with van der Waals surface area (Å²) in [4.78, 5) is 18.2. The van der Waals surface area contributed by atoms with Crippen LogP contribution in [-0.2, 0) is 14.8 Å². The molecule has 1 aromatic heterocycles. The number of nitrogens with zero attached hydrogens (tertiary/aromatic N) is 3. The zero-order valence-electron chi connectivity index (χ0n) is 16.3. The van der Waals surface area contributed by atoms with Crippen molar-refractivity contribution in [3.63, 3.8) is 0 Å². The molecule has 1 aliphatic heterocycles. The van der Waals surface area contributed by atoms with Crippen LogP contribution in [0.4, 0.5) is 4.79 Å². The molecule has 9 heteroatoms. The predicted octanol–water partition coefficient (Wildman–Crippen LogP) is 3.63. The third-order valence-corrected chi connectivity index (χ3v) is 7.16. The number of halogens is 1. The molecule has 0 radical (unpaired) electrons. The second kappa shape index (κ2) is 7.61. The van der Waals surface area contributed by atoms with E-state index in [4.69, 9.17) is 4.74 Å². The highest BCUT2D eigenvalue weighted by molar-refractivity contribution is 9.10. The molecule has 0 saturated carbocycles. The molecule has 2 aromatic rings. The van der Waals surface area contributed by atoms with Gasteiger partial charge < -0.3 is 9.64 Å². The number of amides is 1. The Labute approximate surface area is 173 Å². The van der Waals surface area contributed by atoms with Crippen LogP contribution < -0.4 is 0 Å². The monoisotopic (exact) mass is 469 g/mol. The fourth-order valence-corrected chi connectivity index (χ4v) is 5.83. The van der Waals surface area contributed by atoms with E-state index < -0.39 is 21.7 Å². The molecule has 1 unspecified atom stereocenters. The number of aromatic nitrogens is 1. The Morgan fingerprint density at radius 2 is 1.96 bits per heavy atom. The van der Waals surface area contributed by atoms with E-state index >= 15 is 0 Å². The van der Waals surface area contributed by atoms with Gasteiger partial charge in [-0.15, -0.1) is 0 Å². The lowest BCUT2D eigenvalue weighted by molar-refractivity contribution is 0.0143. The normalized spacial score (nSPS) is 19.0. The standard InChI is InChI=1S/C19H24BrN3O4S/c1-13-12-22(18(24)27-19(2,3)4)8-9-23(13)28(25,26)16-7-5-6-14-10-21-11-15(20)17(14)16/h5-7,10-11,13H,8-9,12H2,1-4H3. The van der Waals surface area contributed by atoms with Crippen LogP contribution >= 0.6 is 15.9 Å². The fraction of sp³-hybridized carbons (Fsp3) is 0.474. The van der Waals surface area contributed by atoms with Gasteiger partial charge in [0.25, 0.3) is 0 Å². The molecule has 2 heterocycles. The topological polar surface area (TPSA) is 79.8 Å². The van der Waals surface area contributed by atoms with Crippen molar-refractivity contribution >= 4 is 42.8 Å². The molecule has 1 saturated heterocycles. The van der Waals surface area contributed by atoms with E-state index in [1.54, 1.807) is 36.4 Å². The summed E-state index contributed by atoms with van der Waals surface area (Å²) < 4.78 is 34.3. The molecular formula is C19H24BrN3O4S. The Hall–Kier alpha value is -1.71. The number of fused-ring (bicyclic) bond motifs is 1. The molecule has 0 spiro atoms. The van der Waals surface area contributed by atoms with Crippen LogP contribution in [0, 0.1) is 0 Å². The van der Waals surface area contributed by atoms with Crippen molar-refractivity contribution < 1.29 is 17.9 Å². The van der Waals surface area contributed by atoms with Gasteiger partial charge in [0.1, 0.15) is 5.60 Å². The number of pyridine rings is 1. The summed E-state index contributed by atoms with van der Waals surface area (Å²) in [5, 5.41) is 1.36. The molecule has 1 aliphatic rings. The van der Waals surface area contributed by atoms with Gasteiger partial charge in [-0.1, -0.05) is 12.1 Å². The predicted molar refractivity (Wildman–Crippen MR) is 111 cm³/mol. The summed E-state index contributed by atoms with van der Waals surface area (Å²) in [7, 11) is -3.75. The largest absolute Gasteiger partial charge is 0.444 e. The van der Waals surface area contributed by atoms with Gasteiger partial charge >= 0.3 is 6.09 Å². The van der Waals surface area contributed by atoms with E-state index in [2.05, 4.69) is 20.9 Å². The quantitative estimate of drug-likeness (QED) is 0.670. The number of ether oxygens (including phenoxy) is 1. The lowest BCUT2D eigenvalue weighted by Gasteiger charge is -2.39. The van der Waals surface area contributed by atoms with E-state index in [1.165, 1.54) is 4.31 Å². The molecule has 0 bridgehead atoms. The van der Waals surface area contributed by atoms with Crippen molar-refractivity contribution in [3.8, 4) is 0 Å². The highest BCUT2D eigenvalue weighted by Crippen LogP contribution is 2.32. The van der Waals surface area contributed by atoms with Gasteiger partial charge in [0, 0.05) is 53.3 Å². The van der Waals surface area contributed by atoms with Crippen LogP contribution in [0.15, 0.2) is 40.0 Å². The second-order valence-electron chi connectivity index (χ2n) is 7.87. The van der Waals surface area contributed by atoms with Crippen LogP contribution in [0.2, 0.25) is 0 Å². The van der Waals surface area contributed by atoms with Crippen molar-refractivity contribution in [3.05, 3.63) is 35.1 Å². The average Bonchev–Trinajstić information content (AvgIpc) is 2.59. The maximum atomic E-state index is 13.4. The lowest BCUT2D eigenvalue weighted by Crippen LogP contribution is -2.56. The molecule has 1 fully saturated rings. The number of rotatable bonds is 2. The third-order valence-electron chi connectivity index (χ3n) is 4.50. The minimum Gasteiger partial charge on any atom is -0.444 e. The van der Waals surface area contributed by atoms with Crippen molar-refractivity contribution in [2.24, 2.45) is 0 Å². The maximum absolute atomic E-state index is 13.4. The minimum absolute atomic E-state index is 0.210. The van der Waals surface area contributed by atoms with Gasteiger partial charge in [0.05, 0.1) is 4.90 Å². The molecule has 3 rings (SSSR count). The van der Waals surface area contributed by atoms with Gasteiger partial charge in [0.2, 0.25) is 10.0 Å². The number of carbonyl (C=O) groups excluding carboxylic acids is 1. The molecule has 28 heavy (non-hydrogen) atoms. The third kappa shape index (κ3) is 4.16. The summed E-state index contributed by atoms with van der Waals surface area (Å²) in [6.45, 7) is 8.00. The van der Waals surface area contributed by atoms with Gasteiger partial charge in [-0.3, -0.25) is 4.98 Å². The average molecular weight is 470 g/mol. The molecule has 152 valence electrons. The fourth-order valence-electron chi connectivity index (χ4n) is 3.29. The van der Waals surface area contributed by atoms with Crippen LogP contribution in [0.5, 0.6) is 0 Å². The minimum atomic E-state index is -3.75. The Morgan fingerprint density at radius 3 is 2.61 bits per heavy atom. The zero-order valence-corrected chi connectivity index (χ0v) is 18.7. The van der Waals surface area contributed by atoms with Gasteiger partial charge in [-0.05, 0) is 49.7 Å². The number of hydrogen-bond donors (Lipinski definition) is 0. The summed E-state index contributed by atoms with van der Waals surface area (Å²) in [6, 6.07) is 4.78. The lowest BCUT2D eigenvalue weighted by atomic mass is 10.2. The highest BCUT2D eigenvalue weighted by atomic mass is 79.9. The SMILES string of the molecule is CC1CN(C(=O)OC(C)(C)C)CCN1S(=O)(=O)c1cccc2cncc(Br)c12. The number of hydrogen-bond acceptors (Lipinski definition) is 5. The Bertz CT molecular complexity index is 999. The number of piperazine rings is 1. The zero-order chi connectivity index (χ0) is 20.7. The van der Waals surface area contributed by atoms with Gasteiger partial charge in [-0.2, -0.15) is 4.31 Å². The summed E-state index contributed by atoms with van der Waals surface area (Å²) in [5.74, 6) is 0. The van der Waals surface area contributed by atoms with E-state index in [-0.39, 0.29) is 30.6 Å². The van der Waals surface area contributed by atoms with Crippen LogP contribution in [0.25, 0.3) is 10.8 Å². The Morgan fingerprint density at radius 1 is 1.25 bits per heavy atom. The van der Waals surface area contributed by atoms with E-state index in [0.717, 1.165) is 5.39 Å². The molecule has 0 aliphatic carbocycles. The maximum Gasteiger partial charge on any atom is 0.410 e. The molecule has 1 amide bonds. The second-order valence-corrected chi connectivity index (χ2v) is 10.6. The Kier molecular flexibility index (Phi) is 5.71. The number of sulfonamides is 1. The summed E-state index contributed by atoms with van der Waals surface area (Å²) in [5.41, 5.74) is -0.590. The van der Waals surface area contributed by atoms with E-state index in [1.807, 2.05) is 26.8 Å². The van der Waals surface area contributed by atoms with Gasteiger partial charge in [-0.25, -0.2) is 13.2 Å². The smallest absolute Gasteiger partial charge is 0.410 e. The molecule has 0 N–H and O–H groups in total. The molecular weight excluding hydrogens is 446 g/mol. The van der Waals surface area contributed by atoms with Crippen LogP contribution in [-0.4, -0.2) is 60.0 Å². The number of carbonyl (C=O) groups is 1. The first-order chi connectivity index (χ1) is 13.0. The van der Waals surface area contributed by atoms with Gasteiger partial charge in [0.15, 0.2) is 0 Å². The van der Waals surface area contributed by atoms with Crippen molar-refractivity contribution in [2.75, 3.05) is 19.6 Å². The van der Waals surface area contributed by atoms with Crippen molar-refractivity contribution in [2.45, 2.75) is 44.2 Å². The Balaban J connectivity index is 1.88. The highest BCUT2D eigenvalue weighted by Gasteiger charge is 2.37. The molecule has 1 atom stereocenters. The van der Waals surface area contributed by atoms with Crippen LogP contribution in [0.1, 0.15) is 27.7 Å². The van der Waals surface area contributed by atoms with Crippen LogP contribution in [0.3, 0.4) is 0 Å². The molecule has 7 nitrogen and oxygen atoms in total. The van der Waals surface area contributed by atoms with Crippen molar-refractivity contribution in [1.29, 1.82) is 0 Å². The first-order valence-corrected chi connectivity index (χ1v) is 11.3. The van der Waals surface area contributed by atoms with E-state index in [9.17, 15) is 13.2 Å².